The first-order valence-corrected chi connectivity index (χ1v) is 6.03. The molecule has 0 atom stereocenters. The van der Waals surface area contributed by atoms with Gasteiger partial charge in [-0.15, -0.1) is 11.3 Å². The predicted molar refractivity (Wildman–Crippen MR) is 65.2 cm³/mol. The maximum absolute atomic E-state index is 13.3. The standard InChI is InChI=1S/C12H13FN2S/c1-2-10-8-15-12(16-10)14-7-9-5-3-4-6-11(9)13/h3-6,8H,2,7H2,1H3,(H,14,15). The number of benzene rings is 1. The van der Waals surface area contributed by atoms with Crippen LogP contribution in [-0.4, -0.2) is 4.98 Å². The zero-order valence-electron chi connectivity index (χ0n) is 9.03. The molecule has 0 radical (unpaired) electrons. The van der Waals surface area contributed by atoms with E-state index in [1.807, 2.05) is 12.3 Å². The van der Waals surface area contributed by atoms with Crippen LogP contribution in [0.25, 0.3) is 0 Å². The average molecular weight is 236 g/mol. The lowest BCUT2D eigenvalue weighted by Gasteiger charge is -2.03. The number of anilines is 1. The largest absolute Gasteiger partial charge is 0.357 e. The number of nitrogens with zero attached hydrogens (tertiary/aromatic N) is 1. The van der Waals surface area contributed by atoms with Crippen LogP contribution in [0.15, 0.2) is 30.5 Å². The van der Waals surface area contributed by atoms with Gasteiger partial charge in [0.15, 0.2) is 5.13 Å². The molecular weight excluding hydrogens is 223 g/mol. The van der Waals surface area contributed by atoms with Gasteiger partial charge in [0.1, 0.15) is 5.82 Å². The molecule has 1 aromatic carbocycles. The van der Waals surface area contributed by atoms with Gasteiger partial charge in [-0.3, -0.25) is 0 Å². The van der Waals surface area contributed by atoms with Crippen molar-refractivity contribution < 1.29 is 4.39 Å². The van der Waals surface area contributed by atoms with E-state index in [2.05, 4.69) is 17.2 Å². The van der Waals surface area contributed by atoms with E-state index in [-0.39, 0.29) is 5.82 Å². The number of thiazole rings is 1. The Labute approximate surface area is 98.2 Å². The van der Waals surface area contributed by atoms with Gasteiger partial charge in [0, 0.05) is 23.2 Å². The summed E-state index contributed by atoms with van der Waals surface area (Å²) >= 11 is 1.61. The lowest BCUT2D eigenvalue weighted by molar-refractivity contribution is 0.613. The Morgan fingerprint density at radius 2 is 2.19 bits per heavy atom. The highest BCUT2D eigenvalue weighted by molar-refractivity contribution is 7.15. The van der Waals surface area contributed by atoms with Crippen molar-refractivity contribution in [3.8, 4) is 0 Å². The van der Waals surface area contributed by atoms with Gasteiger partial charge in [-0.1, -0.05) is 25.1 Å². The highest BCUT2D eigenvalue weighted by Gasteiger charge is 2.02. The second kappa shape index (κ2) is 5.07. The van der Waals surface area contributed by atoms with Gasteiger partial charge in [-0.25, -0.2) is 9.37 Å². The molecule has 0 aliphatic heterocycles. The van der Waals surface area contributed by atoms with Gasteiger partial charge in [-0.2, -0.15) is 0 Å². The third-order valence-corrected chi connectivity index (χ3v) is 3.39. The van der Waals surface area contributed by atoms with Crippen LogP contribution in [0.1, 0.15) is 17.4 Å². The van der Waals surface area contributed by atoms with Crippen molar-refractivity contribution in [2.24, 2.45) is 0 Å². The second-order valence-corrected chi connectivity index (χ2v) is 4.55. The van der Waals surface area contributed by atoms with Crippen LogP contribution in [0.2, 0.25) is 0 Å². The molecule has 0 unspecified atom stereocenters. The molecular formula is C12H13FN2S. The van der Waals surface area contributed by atoms with Crippen molar-refractivity contribution in [2.75, 3.05) is 5.32 Å². The summed E-state index contributed by atoms with van der Waals surface area (Å²) in [5.41, 5.74) is 0.663. The fourth-order valence-electron chi connectivity index (χ4n) is 1.37. The Kier molecular flexibility index (Phi) is 3.51. The minimum Gasteiger partial charge on any atom is -0.357 e. The molecule has 0 saturated carbocycles. The van der Waals surface area contributed by atoms with E-state index in [1.165, 1.54) is 10.9 Å². The first kappa shape index (κ1) is 11.1. The fourth-order valence-corrected chi connectivity index (χ4v) is 2.11. The Morgan fingerprint density at radius 1 is 1.38 bits per heavy atom. The molecule has 1 N–H and O–H groups in total. The Bertz CT molecular complexity index is 468. The van der Waals surface area contributed by atoms with E-state index in [0.29, 0.717) is 12.1 Å². The highest BCUT2D eigenvalue weighted by Crippen LogP contribution is 2.19. The molecule has 0 aliphatic rings. The molecule has 16 heavy (non-hydrogen) atoms. The number of halogens is 1. The van der Waals surface area contributed by atoms with E-state index < -0.39 is 0 Å². The van der Waals surface area contributed by atoms with E-state index in [9.17, 15) is 4.39 Å². The minimum atomic E-state index is -0.178. The lowest BCUT2D eigenvalue weighted by Crippen LogP contribution is -2.00. The summed E-state index contributed by atoms with van der Waals surface area (Å²) in [4.78, 5) is 5.45. The van der Waals surface area contributed by atoms with Crippen molar-refractivity contribution >= 4 is 16.5 Å². The number of aromatic nitrogens is 1. The molecule has 2 rings (SSSR count). The zero-order valence-corrected chi connectivity index (χ0v) is 9.85. The molecule has 0 spiro atoms. The van der Waals surface area contributed by atoms with Crippen molar-refractivity contribution in [2.45, 2.75) is 19.9 Å². The molecule has 0 aliphatic carbocycles. The summed E-state index contributed by atoms with van der Waals surface area (Å²) in [6.07, 6.45) is 2.84. The summed E-state index contributed by atoms with van der Waals surface area (Å²) in [5.74, 6) is -0.178. The molecule has 2 nitrogen and oxygen atoms in total. The van der Waals surface area contributed by atoms with Crippen molar-refractivity contribution in [3.05, 3.63) is 46.7 Å². The first-order chi connectivity index (χ1) is 7.79. The molecule has 0 saturated heterocycles. The summed E-state index contributed by atoms with van der Waals surface area (Å²) in [6, 6.07) is 6.77. The molecule has 84 valence electrons. The number of hydrogen-bond donors (Lipinski definition) is 1. The number of nitrogens with one attached hydrogen (secondary N) is 1. The minimum absolute atomic E-state index is 0.178. The van der Waals surface area contributed by atoms with Gasteiger partial charge in [0.2, 0.25) is 0 Å². The molecule has 0 bridgehead atoms. The highest BCUT2D eigenvalue weighted by atomic mass is 32.1. The van der Waals surface area contributed by atoms with Crippen LogP contribution in [0, 0.1) is 5.82 Å². The van der Waals surface area contributed by atoms with Crippen LogP contribution in [0.3, 0.4) is 0 Å². The van der Waals surface area contributed by atoms with Gasteiger partial charge >= 0.3 is 0 Å². The van der Waals surface area contributed by atoms with Gasteiger partial charge in [0.05, 0.1) is 0 Å². The third-order valence-electron chi connectivity index (χ3n) is 2.29. The van der Waals surface area contributed by atoms with E-state index >= 15 is 0 Å². The van der Waals surface area contributed by atoms with Crippen LogP contribution < -0.4 is 5.32 Å². The second-order valence-electron chi connectivity index (χ2n) is 3.43. The number of aryl methyl sites for hydroxylation is 1. The normalized spacial score (nSPS) is 10.4. The number of hydrogen-bond acceptors (Lipinski definition) is 3. The SMILES string of the molecule is CCc1cnc(NCc2ccccc2F)s1. The summed E-state index contributed by atoms with van der Waals surface area (Å²) in [7, 11) is 0. The van der Waals surface area contributed by atoms with Crippen molar-refractivity contribution in [1.82, 2.24) is 4.98 Å². The van der Waals surface area contributed by atoms with E-state index in [0.717, 1.165) is 11.6 Å². The van der Waals surface area contributed by atoms with Crippen molar-refractivity contribution in [3.63, 3.8) is 0 Å². The molecule has 0 fully saturated rings. The first-order valence-electron chi connectivity index (χ1n) is 5.21. The smallest absolute Gasteiger partial charge is 0.183 e. The molecule has 1 heterocycles. The van der Waals surface area contributed by atoms with Gasteiger partial charge in [0.25, 0.3) is 0 Å². The Balaban J connectivity index is 1.99. The monoisotopic (exact) mass is 236 g/mol. The van der Waals surface area contributed by atoms with Crippen LogP contribution in [0.5, 0.6) is 0 Å². The topological polar surface area (TPSA) is 24.9 Å². The Morgan fingerprint density at radius 3 is 2.88 bits per heavy atom. The molecule has 4 heteroatoms. The number of rotatable bonds is 4. The maximum atomic E-state index is 13.3. The van der Waals surface area contributed by atoms with E-state index in [1.54, 1.807) is 23.5 Å². The maximum Gasteiger partial charge on any atom is 0.183 e. The summed E-state index contributed by atoms with van der Waals surface area (Å²) in [6.45, 7) is 2.57. The third kappa shape index (κ3) is 2.58. The lowest BCUT2D eigenvalue weighted by atomic mass is 10.2. The summed E-state index contributed by atoms with van der Waals surface area (Å²) < 4.78 is 13.3. The fraction of sp³-hybridized carbons (Fsp3) is 0.250. The Hall–Kier alpha value is -1.42. The average Bonchev–Trinajstić information content (AvgIpc) is 2.76. The predicted octanol–water partition coefficient (Wildman–Crippen LogP) is 3.46. The quantitative estimate of drug-likeness (QED) is 0.879. The van der Waals surface area contributed by atoms with Crippen molar-refractivity contribution in [1.29, 1.82) is 0 Å². The van der Waals surface area contributed by atoms with Gasteiger partial charge < -0.3 is 5.32 Å². The molecule has 1 aromatic heterocycles. The van der Waals surface area contributed by atoms with E-state index in [4.69, 9.17) is 0 Å². The molecule has 0 amide bonds. The van der Waals surface area contributed by atoms with Gasteiger partial charge in [-0.05, 0) is 12.5 Å². The van der Waals surface area contributed by atoms with Crippen LogP contribution in [0.4, 0.5) is 9.52 Å². The van der Waals surface area contributed by atoms with Crippen LogP contribution >= 0.6 is 11.3 Å². The summed E-state index contributed by atoms with van der Waals surface area (Å²) in [5, 5.41) is 3.97. The zero-order chi connectivity index (χ0) is 11.4. The van der Waals surface area contributed by atoms with Crippen LogP contribution in [-0.2, 0) is 13.0 Å². The molecule has 2 aromatic rings.